The summed E-state index contributed by atoms with van der Waals surface area (Å²) < 4.78 is 17.9. The molecule has 0 spiro atoms. The van der Waals surface area contributed by atoms with Crippen molar-refractivity contribution in [1.82, 2.24) is 5.06 Å². The molecule has 6 nitrogen and oxygen atoms in total. The van der Waals surface area contributed by atoms with Gasteiger partial charge in [-0.3, -0.25) is 9.63 Å². The van der Waals surface area contributed by atoms with Gasteiger partial charge in [-0.1, -0.05) is 60.7 Å². The van der Waals surface area contributed by atoms with Crippen LogP contribution in [0.3, 0.4) is 0 Å². The predicted octanol–water partition coefficient (Wildman–Crippen LogP) is 2.97. The molecule has 3 atom stereocenters. The molecule has 3 rings (SSSR count). The number of benzene rings is 2. The Morgan fingerprint density at radius 3 is 2.25 bits per heavy atom. The average Bonchev–Trinajstić information content (AvgIpc) is 3.15. The van der Waals surface area contributed by atoms with Crippen LogP contribution in [0.15, 0.2) is 60.7 Å². The number of hydrogen-bond acceptors (Lipinski definition) is 5. The highest BCUT2D eigenvalue weighted by Gasteiger charge is 2.41. The van der Waals surface area contributed by atoms with Crippen molar-refractivity contribution in [2.75, 3.05) is 20.8 Å². The zero-order valence-electron chi connectivity index (χ0n) is 16.3. The van der Waals surface area contributed by atoms with Gasteiger partial charge in [-0.2, -0.15) is 0 Å². The van der Waals surface area contributed by atoms with Gasteiger partial charge in [-0.05, 0) is 11.1 Å². The average molecular weight is 385 g/mol. The Morgan fingerprint density at radius 1 is 1.04 bits per heavy atom. The summed E-state index contributed by atoms with van der Waals surface area (Å²) >= 11 is 0. The molecule has 0 unspecified atom stereocenters. The minimum Gasteiger partial charge on any atom is -0.374 e. The minimum atomic E-state index is -0.601. The summed E-state index contributed by atoms with van der Waals surface area (Å²) in [6, 6.07) is 19.9. The number of ether oxygens (including phenoxy) is 3. The first kappa shape index (κ1) is 20.5. The fourth-order valence-corrected chi connectivity index (χ4v) is 3.14. The third-order valence-electron chi connectivity index (χ3n) is 4.76. The van der Waals surface area contributed by atoms with E-state index in [0.29, 0.717) is 26.2 Å². The van der Waals surface area contributed by atoms with Crippen LogP contribution >= 0.6 is 0 Å². The number of likely N-dealkylation sites (N-methyl/N-ethyl adjacent to an activating group) is 1. The van der Waals surface area contributed by atoms with Gasteiger partial charge in [0, 0.05) is 13.5 Å². The van der Waals surface area contributed by atoms with E-state index >= 15 is 0 Å². The Balaban J connectivity index is 1.58. The number of carbonyl (C=O) groups is 1. The van der Waals surface area contributed by atoms with E-state index in [-0.39, 0.29) is 18.1 Å². The van der Waals surface area contributed by atoms with Gasteiger partial charge in [0.25, 0.3) is 5.91 Å². The summed E-state index contributed by atoms with van der Waals surface area (Å²) in [4.78, 5) is 17.4. The Labute approximate surface area is 165 Å². The minimum absolute atomic E-state index is 0.221. The van der Waals surface area contributed by atoms with E-state index in [1.54, 1.807) is 7.05 Å². The van der Waals surface area contributed by atoms with Gasteiger partial charge in [0.05, 0.1) is 33.0 Å². The van der Waals surface area contributed by atoms with Crippen molar-refractivity contribution in [3.05, 3.63) is 71.8 Å². The van der Waals surface area contributed by atoms with E-state index in [4.69, 9.17) is 19.0 Å². The molecule has 150 valence electrons. The first-order chi connectivity index (χ1) is 13.7. The molecule has 0 N–H and O–H groups in total. The molecule has 0 bridgehead atoms. The summed E-state index contributed by atoms with van der Waals surface area (Å²) in [6.45, 7) is 1.31. The van der Waals surface area contributed by atoms with Crippen LogP contribution < -0.4 is 0 Å². The molecule has 1 saturated heterocycles. The van der Waals surface area contributed by atoms with Gasteiger partial charge in [0.1, 0.15) is 12.2 Å². The van der Waals surface area contributed by atoms with E-state index in [1.165, 1.54) is 12.2 Å². The molecule has 1 aliphatic rings. The lowest BCUT2D eigenvalue weighted by Gasteiger charge is -2.20. The van der Waals surface area contributed by atoms with Crippen molar-refractivity contribution in [2.24, 2.45) is 0 Å². The lowest BCUT2D eigenvalue weighted by molar-refractivity contribution is -0.181. The Kier molecular flexibility index (Phi) is 7.56. The van der Waals surface area contributed by atoms with Crippen molar-refractivity contribution < 1.29 is 23.8 Å². The molecule has 0 aromatic heterocycles. The zero-order chi connectivity index (χ0) is 19.8. The first-order valence-electron chi connectivity index (χ1n) is 9.41. The van der Waals surface area contributed by atoms with Crippen molar-refractivity contribution in [3.63, 3.8) is 0 Å². The molecule has 1 aliphatic heterocycles. The normalized spacial score (nSPS) is 21.6. The molecule has 2 aromatic carbocycles. The molecule has 0 saturated carbocycles. The zero-order valence-corrected chi connectivity index (χ0v) is 16.3. The van der Waals surface area contributed by atoms with E-state index < -0.39 is 6.10 Å². The predicted molar refractivity (Wildman–Crippen MR) is 104 cm³/mol. The van der Waals surface area contributed by atoms with Gasteiger partial charge in [0.2, 0.25) is 0 Å². The maximum absolute atomic E-state index is 12.4. The molecule has 0 aliphatic carbocycles. The molecule has 6 heteroatoms. The van der Waals surface area contributed by atoms with Gasteiger partial charge < -0.3 is 14.2 Å². The summed E-state index contributed by atoms with van der Waals surface area (Å²) in [5.74, 6) is -0.221. The molecular formula is C22H27NO5. The number of carbonyl (C=O) groups excluding carboxylic acids is 1. The standard InChI is InChI=1S/C22H27NO5/c1-23(25-2)22(24)20-13-19(27-15-18-11-7-4-8-12-18)21(28-20)16-26-14-17-9-5-3-6-10-17/h3-12,19-21H,13-16H2,1-2H3/t19-,20+,21+/m0/s1. The van der Waals surface area contributed by atoms with Crippen molar-refractivity contribution in [2.45, 2.75) is 37.9 Å². The van der Waals surface area contributed by atoms with Crippen molar-refractivity contribution >= 4 is 5.91 Å². The molecule has 1 fully saturated rings. The number of hydrogen-bond donors (Lipinski definition) is 0. The monoisotopic (exact) mass is 385 g/mol. The topological polar surface area (TPSA) is 57.2 Å². The van der Waals surface area contributed by atoms with Crippen LogP contribution in [-0.4, -0.2) is 50.0 Å². The molecular weight excluding hydrogens is 358 g/mol. The van der Waals surface area contributed by atoms with E-state index in [1.807, 2.05) is 60.7 Å². The van der Waals surface area contributed by atoms with Crippen molar-refractivity contribution in [1.29, 1.82) is 0 Å². The van der Waals surface area contributed by atoms with Crippen LogP contribution in [0.25, 0.3) is 0 Å². The first-order valence-corrected chi connectivity index (χ1v) is 9.41. The summed E-state index contributed by atoms with van der Waals surface area (Å²) in [5, 5.41) is 1.19. The van der Waals surface area contributed by atoms with Crippen LogP contribution in [0.1, 0.15) is 17.5 Å². The van der Waals surface area contributed by atoms with Crippen LogP contribution in [0.2, 0.25) is 0 Å². The fourth-order valence-electron chi connectivity index (χ4n) is 3.14. The lowest BCUT2D eigenvalue weighted by Crippen LogP contribution is -2.36. The van der Waals surface area contributed by atoms with E-state index in [2.05, 4.69) is 0 Å². The Morgan fingerprint density at radius 2 is 1.64 bits per heavy atom. The van der Waals surface area contributed by atoms with Crippen molar-refractivity contribution in [3.8, 4) is 0 Å². The Hall–Kier alpha value is -2.25. The second-order valence-corrected chi connectivity index (χ2v) is 6.75. The smallest absolute Gasteiger partial charge is 0.275 e. The van der Waals surface area contributed by atoms with Crippen LogP contribution in [-0.2, 0) is 37.1 Å². The number of nitrogens with zero attached hydrogens (tertiary/aromatic N) is 1. The van der Waals surface area contributed by atoms with E-state index in [0.717, 1.165) is 11.1 Å². The molecule has 0 radical (unpaired) electrons. The highest BCUT2D eigenvalue weighted by molar-refractivity contribution is 5.80. The fraction of sp³-hybridized carbons (Fsp3) is 0.409. The highest BCUT2D eigenvalue weighted by atomic mass is 16.7. The van der Waals surface area contributed by atoms with Gasteiger partial charge >= 0.3 is 0 Å². The summed E-state index contributed by atoms with van der Waals surface area (Å²) in [7, 11) is 3.03. The summed E-state index contributed by atoms with van der Waals surface area (Å²) in [5.41, 5.74) is 2.17. The quantitative estimate of drug-likeness (QED) is 0.621. The summed E-state index contributed by atoms with van der Waals surface area (Å²) in [6.07, 6.45) is -0.670. The molecule has 1 amide bonds. The maximum Gasteiger partial charge on any atom is 0.275 e. The largest absolute Gasteiger partial charge is 0.374 e. The van der Waals surface area contributed by atoms with Crippen LogP contribution in [0.4, 0.5) is 0 Å². The van der Waals surface area contributed by atoms with Crippen LogP contribution in [0.5, 0.6) is 0 Å². The second kappa shape index (κ2) is 10.3. The number of rotatable bonds is 9. The molecule has 28 heavy (non-hydrogen) atoms. The Bertz CT molecular complexity index is 724. The van der Waals surface area contributed by atoms with Crippen LogP contribution in [0, 0.1) is 0 Å². The third kappa shape index (κ3) is 5.62. The highest BCUT2D eigenvalue weighted by Crippen LogP contribution is 2.26. The maximum atomic E-state index is 12.4. The van der Waals surface area contributed by atoms with Gasteiger partial charge in [-0.25, -0.2) is 5.06 Å². The van der Waals surface area contributed by atoms with E-state index in [9.17, 15) is 4.79 Å². The third-order valence-corrected chi connectivity index (χ3v) is 4.76. The van der Waals surface area contributed by atoms with Gasteiger partial charge in [0.15, 0.2) is 0 Å². The number of amides is 1. The molecule has 2 aromatic rings. The number of hydroxylamine groups is 2. The lowest BCUT2D eigenvalue weighted by atomic mass is 10.1. The second-order valence-electron chi connectivity index (χ2n) is 6.75. The SMILES string of the molecule is CON(C)C(=O)[C@H]1C[C@H](OCc2ccccc2)[C@@H](COCc2ccccc2)O1. The molecule has 1 heterocycles. The van der Waals surface area contributed by atoms with Gasteiger partial charge in [-0.15, -0.1) is 0 Å².